The van der Waals surface area contributed by atoms with Crippen LogP contribution in [-0.4, -0.2) is 24.9 Å². The van der Waals surface area contributed by atoms with Crippen LogP contribution in [0.4, 0.5) is 0 Å². The molecule has 0 fully saturated rings. The van der Waals surface area contributed by atoms with Gasteiger partial charge in [-0.2, -0.15) is 0 Å². The van der Waals surface area contributed by atoms with E-state index in [1.54, 1.807) is 18.2 Å². The van der Waals surface area contributed by atoms with Crippen molar-refractivity contribution in [1.29, 1.82) is 0 Å². The minimum absolute atomic E-state index is 0.128. The van der Waals surface area contributed by atoms with Crippen molar-refractivity contribution in [2.45, 2.75) is 13.8 Å². The third kappa shape index (κ3) is 4.19. The van der Waals surface area contributed by atoms with Gasteiger partial charge in [-0.3, -0.25) is 9.59 Å². The first-order chi connectivity index (χ1) is 10.6. The van der Waals surface area contributed by atoms with E-state index in [0.29, 0.717) is 24.2 Å². The Morgan fingerprint density at radius 3 is 1.95 bits per heavy atom. The molecule has 0 bridgehead atoms. The molecule has 0 heterocycles. The number of rotatable bonds is 5. The van der Waals surface area contributed by atoms with Gasteiger partial charge in [0.15, 0.2) is 0 Å². The van der Waals surface area contributed by atoms with Crippen LogP contribution < -0.4 is 10.6 Å². The average Bonchev–Trinajstić information content (AvgIpc) is 2.54. The summed E-state index contributed by atoms with van der Waals surface area (Å²) < 4.78 is 0. The number of hydrogen-bond acceptors (Lipinski definition) is 2. The largest absolute Gasteiger partial charge is 0.350 e. The van der Waals surface area contributed by atoms with Crippen LogP contribution in [0, 0.1) is 13.8 Å². The third-order valence-electron chi connectivity index (χ3n) is 3.50. The van der Waals surface area contributed by atoms with Crippen LogP contribution in [0.2, 0.25) is 0 Å². The Balaban J connectivity index is 1.78. The molecule has 0 aliphatic carbocycles. The van der Waals surface area contributed by atoms with Crippen molar-refractivity contribution < 1.29 is 9.59 Å². The smallest absolute Gasteiger partial charge is 0.251 e. The Kier molecular flexibility index (Phi) is 5.31. The van der Waals surface area contributed by atoms with Gasteiger partial charge in [0.25, 0.3) is 11.8 Å². The molecule has 0 spiro atoms. The van der Waals surface area contributed by atoms with Gasteiger partial charge < -0.3 is 10.6 Å². The molecule has 2 N–H and O–H groups in total. The lowest BCUT2D eigenvalue weighted by atomic mass is 10.1. The molecule has 0 aromatic heterocycles. The van der Waals surface area contributed by atoms with E-state index in [9.17, 15) is 9.59 Å². The summed E-state index contributed by atoms with van der Waals surface area (Å²) in [5.41, 5.74) is 3.50. The minimum atomic E-state index is -0.138. The fraction of sp³-hybridized carbons (Fsp3) is 0.222. The highest BCUT2D eigenvalue weighted by Crippen LogP contribution is 2.09. The van der Waals surface area contributed by atoms with Crippen molar-refractivity contribution in [2.24, 2.45) is 0 Å². The average molecular weight is 296 g/mol. The maximum atomic E-state index is 12.0. The molecular weight excluding hydrogens is 276 g/mol. The number of amides is 2. The van der Waals surface area contributed by atoms with E-state index in [-0.39, 0.29) is 11.8 Å². The number of carbonyl (C=O) groups is 2. The molecule has 0 radical (unpaired) electrons. The molecule has 0 saturated carbocycles. The summed E-state index contributed by atoms with van der Waals surface area (Å²) in [6, 6.07) is 14.6. The fourth-order valence-corrected chi connectivity index (χ4v) is 2.03. The molecule has 2 amide bonds. The molecule has 2 rings (SSSR count). The predicted octanol–water partition coefficient (Wildman–Crippen LogP) is 2.46. The topological polar surface area (TPSA) is 58.2 Å². The summed E-state index contributed by atoms with van der Waals surface area (Å²) >= 11 is 0. The molecular formula is C18H20N2O2. The van der Waals surface area contributed by atoms with Crippen LogP contribution in [0.5, 0.6) is 0 Å². The molecule has 2 aromatic rings. The first-order valence-electron chi connectivity index (χ1n) is 7.26. The number of benzene rings is 2. The van der Waals surface area contributed by atoms with E-state index in [0.717, 1.165) is 11.1 Å². The Hall–Kier alpha value is -2.62. The molecule has 2 aromatic carbocycles. The quantitative estimate of drug-likeness (QED) is 0.833. The van der Waals surface area contributed by atoms with Crippen LogP contribution in [0.15, 0.2) is 48.5 Å². The first-order valence-corrected chi connectivity index (χ1v) is 7.26. The maximum Gasteiger partial charge on any atom is 0.251 e. The summed E-state index contributed by atoms with van der Waals surface area (Å²) in [5.74, 6) is -0.266. The monoisotopic (exact) mass is 296 g/mol. The van der Waals surface area contributed by atoms with Crippen molar-refractivity contribution in [3.8, 4) is 0 Å². The van der Waals surface area contributed by atoms with Gasteiger partial charge in [0.1, 0.15) is 0 Å². The highest BCUT2D eigenvalue weighted by molar-refractivity contribution is 5.95. The van der Waals surface area contributed by atoms with Crippen molar-refractivity contribution >= 4 is 11.8 Å². The predicted molar refractivity (Wildman–Crippen MR) is 87.0 cm³/mol. The second kappa shape index (κ2) is 7.41. The van der Waals surface area contributed by atoms with Crippen LogP contribution in [0.25, 0.3) is 0 Å². The van der Waals surface area contributed by atoms with E-state index in [1.807, 2.05) is 44.2 Å². The molecule has 4 nitrogen and oxygen atoms in total. The molecule has 22 heavy (non-hydrogen) atoms. The number of carbonyl (C=O) groups excluding carboxylic acids is 2. The Morgan fingerprint density at radius 1 is 0.773 bits per heavy atom. The first kappa shape index (κ1) is 15.8. The normalized spacial score (nSPS) is 10.1. The number of nitrogens with one attached hydrogen (secondary N) is 2. The molecule has 114 valence electrons. The number of aryl methyl sites for hydroxylation is 2. The SMILES string of the molecule is Cc1ccc(C(=O)NCCNC(=O)c2ccccc2)cc1C. The maximum absolute atomic E-state index is 12.0. The van der Waals surface area contributed by atoms with Crippen LogP contribution in [0.3, 0.4) is 0 Å². The van der Waals surface area contributed by atoms with Gasteiger partial charge in [0.05, 0.1) is 0 Å². The third-order valence-corrected chi connectivity index (χ3v) is 3.50. The van der Waals surface area contributed by atoms with Crippen molar-refractivity contribution in [2.75, 3.05) is 13.1 Å². The Bertz CT molecular complexity index is 666. The highest BCUT2D eigenvalue weighted by Gasteiger charge is 2.07. The van der Waals surface area contributed by atoms with E-state index >= 15 is 0 Å². The van der Waals surface area contributed by atoms with Gasteiger partial charge in [-0.15, -0.1) is 0 Å². The Morgan fingerprint density at radius 2 is 1.36 bits per heavy atom. The van der Waals surface area contributed by atoms with Crippen LogP contribution in [-0.2, 0) is 0 Å². The van der Waals surface area contributed by atoms with Crippen molar-refractivity contribution in [1.82, 2.24) is 10.6 Å². The van der Waals surface area contributed by atoms with E-state index in [2.05, 4.69) is 10.6 Å². The Labute approximate surface area is 130 Å². The van der Waals surface area contributed by atoms with E-state index in [1.165, 1.54) is 0 Å². The van der Waals surface area contributed by atoms with Gasteiger partial charge in [-0.25, -0.2) is 0 Å². The fourth-order valence-electron chi connectivity index (χ4n) is 2.03. The van der Waals surface area contributed by atoms with Gasteiger partial charge in [0.2, 0.25) is 0 Å². The van der Waals surface area contributed by atoms with Crippen LogP contribution >= 0.6 is 0 Å². The van der Waals surface area contributed by atoms with E-state index in [4.69, 9.17) is 0 Å². The molecule has 0 aliphatic heterocycles. The van der Waals surface area contributed by atoms with Gasteiger partial charge in [-0.05, 0) is 49.2 Å². The van der Waals surface area contributed by atoms with Crippen molar-refractivity contribution in [3.63, 3.8) is 0 Å². The molecule has 0 unspecified atom stereocenters. The summed E-state index contributed by atoms with van der Waals surface area (Å²) in [6.45, 7) is 4.77. The lowest BCUT2D eigenvalue weighted by molar-refractivity contribution is 0.0927. The second-order valence-electron chi connectivity index (χ2n) is 5.18. The minimum Gasteiger partial charge on any atom is -0.350 e. The summed E-state index contributed by atoms with van der Waals surface area (Å²) in [7, 11) is 0. The van der Waals surface area contributed by atoms with Crippen molar-refractivity contribution in [3.05, 3.63) is 70.8 Å². The summed E-state index contributed by atoms with van der Waals surface area (Å²) in [6.07, 6.45) is 0. The zero-order valence-electron chi connectivity index (χ0n) is 12.8. The van der Waals surface area contributed by atoms with Gasteiger partial charge in [-0.1, -0.05) is 24.3 Å². The zero-order chi connectivity index (χ0) is 15.9. The second-order valence-corrected chi connectivity index (χ2v) is 5.18. The van der Waals surface area contributed by atoms with Gasteiger partial charge >= 0.3 is 0 Å². The van der Waals surface area contributed by atoms with Crippen LogP contribution in [0.1, 0.15) is 31.8 Å². The zero-order valence-corrected chi connectivity index (χ0v) is 12.8. The van der Waals surface area contributed by atoms with Gasteiger partial charge in [0, 0.05) is 24.2 Å². The van der Waals surface area contributed by atoms with E-state index < -0.39 is 0 Å². The molecule has 0 atom stereocenters. The number of hydrogen-bond donors (Lipinski definition) is 2. The summed E-state index contributed by atoms with van der Waals surface area (Å²) in [5, 5.41) is 5.57. The molecule has 0 saturated heterocycles. The lowest BCUT2D eigenvalue weighted by Gasteiger charge is -2.08. The summed E-state index contributed by atoms with van der Waals surface area (Å²) in [4.78, 5) is 23.8. The lowest BCUT2D eigenvalue weighted by Crippen LogP contribution is -2.34. The standard InChI is InChI=1S/C18H20N2O2/c1-13-8-9-16(12-14(13)2)18(22)20-11-10-19-17(21)15-6-4-3-5-7-15/h3-9,12H,10-11H2,1-2H3,(H,19,21)(H,20,22). The highest BCUT2D eigenvalue weighted by atomic mass is 16.2. The molecule has 4 heteroatoms. The molecule has 0 aliphatic rings.